The van der Waals surface area contributed by atoms with Gasteiger partial charge in [0, 0.05) is 12.5 Å². The van der Waals surface area contributed by atoms with Gasteiger partial charge < -0.3 is 5.11 Å². The highest BCUT2D eigenvalue weighted by Gasteiger charge is 1.98. The molecule has 13 heavy (non-hydrogen) atoms. The zero-order valence-corrected chi connectivity index (χ0v) is 7.92. The Morgan fingerprint density at radius 3 is 2.85 bits per heavy atom. The van der Waals surface area contributed by atoms with Crippen LogP contribution in [0.1, 0.15) is 33.1 Å². The van der Waals surface area contributed by atoms with Crippen molar-refractivity contribution in [2.45, 2.75) is 33.1 Å². The molecule has 2 N–H and O–H groups in total. The first kappa shape index (κ1) is 11.5. The molecular formula is C9H14N2O2. The quantitative estimate of drug-likeness (QED) is 0.226. The number of unbranched alkanes of at least 4 members (excludes halogenated alkanes) is 2. The Bertz CT molecular complexity index is 248. The predicted octanol–water partition coefficient (Wildman–Crippen LogP) is 1.19. The number of nitrogens with one attached hydrogen (secondary N) is 1. The van der Waals surface area contributed by atoms with E-state index in [1.54, 1.807) is 0 Å². The molecule has 0 unspecified atom stereocenters. The Morgan fingerprint density at radius 2 is 2.31 bits per heavy atom. The van der Waals surface area contributed by atoms with Crippen molar-refractivity contribution in [3.63, 3.8) is 0 Å². The second-order valence-electron chi connectivity index (χ2n) is 2.52. The summed E-state index contributed by atoms with van der Waals surface area (Å²) in [6.07, 6.45) is 2.97. The summed E-state index contributed by atoms with van der Waals surface area (Å²) in [7, 11) is 0. The maximum absolute atomic E-state index is 10.2. The first-order valence-corrected chi connectivity index (χ1v) is 4.19. The number of carboxylic acid groups (broad SMARTS) is 1. The van der Waals surface area contributed by atoms with Crippen molar-refractivity contribution in [2.75, 3.05) is 0 Å². The molecule has 0 radical (unpaired) electrons. The van der Waals surface area contributed by atoms with Gasteiger partial charge in [-0.1, -0.05) is 19.3 Å². The monoisotopic (exact) mass is 182 g/mol. The first-order valence-electron chi connectivity index (χ1n) is 4.19. The van der Waals surface area contributed by atoms with Gasteiger partial charge >= 0.3 is 5.97 Å². The molecule has 72 valence electrons. The van der Waals surface area contributed by atoms with Crippen LogP contribution in [-0.2, 0) is 4.79 Å². The van der Waals surface area contributed by atoms with Crippen molar-refractivity contribution in [3.05, 3.63) is 0 Å². The smallest absolute Gasteiger partial charge is 0.351 e. The first-order chi connectivity index (χ1) is 6.18. The molecule has 4 heteroatoms. The number of carboxylic acids is 1. The fourth-order valence-electron chi connectivity index (χ4n) is 0.527. The SMILES string of the molecule is CCCCC#CNN=C(C)C(=O)O. The van der Waals surface area contributed by atoms with Crippen molar-refractivity contribution >= 4 is 11.7 Å². The van der Waals surface area contributed by atoms with Gasteiger partial charge in [0.1, 0.15) is 5.71 Å². The van der Waals surface area contributed by atoms with Crippen LogP contribution in [0.2, 0.25) is 0 Å². The van der Waals surface area contributed by atoms with Gasteiger partial charge in [0.2, 0.25) is 0 Å². The molecule has 0 aliphatic heterocycles. The molecule has 0 bridgehead atoms. The van der Waals surface area contributed by atoms with Gasteiger partial charge in [0.05, 0.1) is 0 Å². The molecule has 0 rings (SSSR count). The van der Waals surface area contributed by atoms with Crippen LogP contribution in [0.25, 0.3) is 0 Å². The average Bonchev–Trinajstić information content (AvgIpc) is 2.10. The van der Waals surface area contributed by atoms with Crippen molar-refractivity contribution in [1.82, 2.24) is 5.43 Å². The van der Waals surface area contributed by atoms with Crippen molar-refractivity contribution in [1.29, 1.82) is 0 Å². The summed E-state index contributed by atoms with van der Waals surface area (Å²) in [4.78, 5) is 10.2. The van der Waals surface area contributed by atoms with Crippen molar-refractivity contribution < 1.29 is 9.90 Å². The van der Waals surface area contributed by atoms with Crippen LogP contribution in [0.15, 0.2) is 5.10 Å². The van der Waals surface area contributed by atoms with Gasteiger partial charge in [-0.05, 0) is 13.3 Å². The predicted molar refractivity (Wildman–Crippen MR) is 51.2 cm³/mol. The van der Waals surface area contributed by atoms with E-state index in [0.717, 1.165) is 19.3 Å². The molecule has 4 nitrogen and oxygen atoms in total. The molecule has 0 saturated heterocycles. The highest BCUT2D eigenvalue weighted by atomic mass is 16.4. The topological polar surface area (TPSA) is 61.7 Å². The van der Waals surface area contributed by atoms with Crippen LogP contribution in [-0.4, -0.2) is 16.8 Å². The highest BCUT2D eigenvalue weighted by molar-refractivity contribution is 6.34. The van der Waals surface area contributed by atoms with Crippen LogP contribution in [0.5, 0.6) is 0 Å². The normalized spacial score (nSPS) is 10.2. The second-order valence-corrected chi connectivity index (χ2v) is 2.52. The molecule has 0 fully saturated rings. The molecule has 0 atom stereocenters. The highest BCUT2D eigenvalue weighted by Crippen LogP contribution is 1.89. The van der Waals surface area contributed by atoms with E-state index in [1.165, 1.54) is 6.92 Å². The van der Waals surface area contributed by atoms with Crippen LogP contribution in [0.4, 0.5) is 0 Å². The molecule has 0 aliphatic rings. The molecule has 0 aliphatic carbocycles. The lowest BCUT2D eigenvalue weighted by Crippen LogP contribution is -2.12. The molecule has 0 spiro atoms. The van der Waals surface area contributed by atoms with E-state index < -0.39 is 5.97 Å². The van der Waals surface area contributed by atoms with E-state index in [0.29, 0.717) is 0 Å². The third-order valence-electron chi connectivity index (χ3n) is 1.33. The molecule has 0 aromatic heterocycles. The van der Waals surface area contributed by atoms with Gasteiger partial charge in [-0.15, -0.1) is 0 Å². The number of hydrazone groups is 1. The molecule has 0 heterocycles. The molecule has 0 saturated carbocycles. The van der Waals surface area contributed by atoms with Crippen LogP contribution in [0.3, 0.4) is 0 Å². The number of nitrogens with zero attached hydrogens (tertiary/aromatic N) is 1. The van der Waals surface area contributed by atoms with E-state index in [2.05, 4.69) is 29.4 Å². The van der Waals surface area contributed by atoms with Crippen LogP contribution >= 0.6 is 0 Å². The number of carbonyl (C=O) groups is 1. The Morgan fingerprint density at radius 1 is 1.62 bits per heavy atom. The van der Waals surface area contributed by atoms with Gasteiger partial charge in [0.15, 0.2) is 0 Å². The third kappa shape index (κ3) is 6.88. The summed E-state index contributed by atoms with van der Waals surface area (Å²) in [5, 5.41) is 11.9. The number of rotatable bonds is 4. The largest absolute Gasteiger partial charge is 0.477 e. The lowest BCUT2D eigenvalue weighted by Gasteiger charge is -1.89. The maximum Gasteiger partial charge on any atom is 0.351 e. The average molecular weight is 182 g/mol. The zero-order valence-electron chi connectivity index (χ0n) is 7.92. The maximum atomic E-state index is 10.2. The Labute approximate surface area is 78.0 Å². The summed E-state index contributed by atoms with van der Waals surface area (Å²) in [6, 6.07) is 2.56. The molecule has 0 aromatic rings. The van der Waals surface area contributed by atoms with E-state index in [4.69, 9.17) is 5.11 Å². The lowest BCUT2D eigenvalue weighted by atomic mass is 10.3. The second kappa shape index (κ2) is 7.17. The van der Waals surface area contributed by atoms with E-state index in [-0.39, 0.29) is 5.71 Å². The molecular weight excluding hydrogens is 168 g/mol. The fraction of sp³-hybridized carbons (Fsp3) is 0.556. The summed E-state index contributed by atoms with van der Waals surface area (Å²) >= 11 is 0. The zero-order chi connectivity index (χ0) is 10.1. The minimum atomic E-state index is -1.04. The van der Waals surface area contributed by atoms with E-state index in [1.807, 2.05) is 0 Å². The van der Waals surface area contributed by atoms with Gasteiger partial charge in [-0.3, -0.25) is 0 Å². The third-order valence-corrected chi connectivity index (χ3v) is 1.33. The van der Waals surface area contributed by atoms with Crippen molar-refractivity contribution in [3.8, 4) is 12.0 Å². The van der Waals surface area contributed by atoms with Crippen LogP contribution < -0.4 is 5.43 Å². The number of hydrogen-bond donors (Lipinski definition) is 2. The number of aliphatic carboxylic acids is 1. The Kier molecular flexibility index (Phi) is 6.34. The minimum Gasteiger partial charge on any atom is -0.477 e. The summed E-state index contributed by atoms with van der Waals surface area (Å²) in [5.41, 5.74) is 2.38. The standard InChI is InChI=1S/C9H14N2O2/c1-3-4-5-6-7-10-11-8(2)9(12)13/h10H,3-5H2,1-2H3,(H,12,13). The summed E-state index contributed by atoms with van der Waals surface area (Å²) < 4.78 is 0. The molecule has 0 aromatic carbocycles. The van der Waals surface area contributed by atoms with Gasteiger partial charge in [-0.2, -0.15) is 5.10 Å². The van der Waals surface area contributed by atoms with E-state index >= 15 is 0 Å². The lowest BCUT2D eigenvalue weighted by molar-refractivity contribution is -0.129. The summed E-state index contributed by atoms with van der Waals surface area (Å²) in [6.45, 7) is 3.49. The van der Waals surface area contributed by atoms with Gasteiger partial charge in [-0.25, -0.2) is 10.2 Å². The summed E-state index contributed by atoms with van der Waals surface area (Å²) in [5.74, 6) is 1.78. The Balaban J connectivity index is 3.68. The number of hydrogen-bond acceptors (Lipinski definition) is 3. The minimum absolute atomic E-state index is 0.00444. The Hall–Kier alpha value is -1.50. The van der Waals surface area contributed by atoms with E-state index in [9.17, 15) is 4.79 Å². The van der Waals surface area contributed by atoms with Crippen molar-refractivity contribution in [2.24, 2.45) is 5.10 Å². The van der Waals surface area contributed by atoms with Crippen LogP contribution in [0, 0.1) is 12.0 Å². The van der Waals surface area contributed by atoms with Gasteiger partial charge in [0.25, 0.3) is 0 Å². The molecule has 0 amide bonds. The fourth-order valence-corrected chi connectivity index (χ4v) is 0.527.